The first-order valence-corrected chi connectivity index (χ1v) is 7.19. The third-order valence-corrected chi connectivity index (χ3v) is 3.38. The molecule has 0 aliphatic rings. The molecule has 0 atom stereocenters. The minimum Gasteiger partial charge on any atom is -0.496 e. The van der Waals surface area contributed by atoms with Crippen LogP contribution in [0, 0.1) is 0 Å². The second-order valence-corrected chi connectivity index (χ2v) is 5.02. The van der Waals surface area contributed by atoms with Crippen molar-refractivity contribution in [2.24, 2.45) is 7.05 Å². The van der Waals surface area contributed by atoms with Crippen molar-refractivity contribution in [2.45, 2.75) is 0 Å². The monoisotopic (exact) mass is 326 g/mol. The van der Waals surface area contributed by atoms with Gasteiger partial charge in [0, 0.05) is 25.0 Å². The zero-order valence-corrected chi connectivity index (χ0v) is 13.4. The molecule has 0 radical (unpaired) electrons. The number of nitrogens with zero attached hydrogens (tertiary/aromatic N) is 1. The standard InChI is InChI=1S/C18H18N2O4/c1-20-12-13(11-14(20)8-10-18(22)19-23)7-9-16(21)15-5-3-4-6-17(15)24-2/h3-12,23H,1-2H3,(H,19,22)/b9-7+,10-8+. The Bertz CT molecular complexity index is 803. The third-order valence-electron chi connectivity index (χ3n) is 3.38. The summed E-state index contributed by atoms with van der Waals surface area (Å²) in [6.45, 7) is 0. The predicted molar refractivity (Wildman–Crippen MR) is 90.7 cm³/mol. The number of carbonyl (C=O) groups excluding carboxylic acids is 2. The van der Waals surface area contributed by atoms with E-state index in [1.807, 2.05) is 19.3 Å². The van der Waals surface area contributed by atoms with Gasteiger partial charge in [-0.05, 0) is 42.0 Å². The van der Waals surface area contributed by atoms with E-state index >= 15 is 0 Å². The van der Waals surface area contributed by atoms with Crippen LogP contribution < -0.4 is 10.2 Å². The van der Waals surface area contributed by atoms with Gasteiger partial charge in [0.1, 0.15) is 5.75 Å². The molecule has 2 rings (SSSR count). The fraction of sp³-hybridized carbons (Fsp3) is 0.111. The Kier molecular flexibility index (Phi) is 5.70. The lowest BCUT2D eigenvalue weighted by Gasteiger charge is -2.04. The SMILES string of the molecule is COc1ccccc1C(=O)/C=C/c1cc(/C=C/C(=O)NO)n(C)c1. The van der Waals surface area contributed by atoms with Gasteiger partial charge in [-0.2, -0.15) is 0 Å². The van der Waals surface area contributed by atoms with E-state index in [1.54, 1.807) is 41.0 Å². The van der Waals surface area contributed by atoms with Crippen LogP contribution >= 0.6 is 0 Å². The minimum absolute atomic E-state index is 0.159. The number of methoxy groups -OCH3 is 1. The fourth-order valence-electron chi connectivity index (χ4n) is 2.17. The van der Waals surface area contributed by atoms with Gasteiger partial charge < -0.3 is 9.30 Å². The van der Waals surface area contributed by atoms with Crippen LogP contribution in [-0.2, 0) is 11.8 Å². The summed E-state index contributed by atoms with van der Waals surface area (Å²) in [5, 5.41) is 8.47. The molecule has 124 valence electrons. The van der Waals surface area contributed by atoms with E-state index in [-0.39, 0.29) is 5.78 Å². The summed E-state index contributed by atoms with van der Waals surface area (Å²) in [5.74, 6) is -0.244. The number of hydrogen-bond acceptors (Lipinski definition) is 4. The number of rotatable bonds is 6. The van der Waals surface area contributed by atoms with Crippen LogP contribution in [0.15, 0.2) is 48.7 Å². The van der Waals surface area contributed by atoms with Crippen molar-refractivity contribution < 1.29 is 19.5 Å². The molecule has 1 amide bonds. The summed E-state index contributed by atoms with van der Waals surface area (Å²) in [6, 6.07) is 8.84. The zero-order valence-electron chi connectivity index (χ0n) is 13.4. The lowest BCUT2D eigenvalue weighted by atomic mass is 10.1. The summed E-state index contributed by atoms with van der Waals surface area (Å²) in [6.07, 6.45) is 7.76. The Hall–Kier alpha value is -3.12. The van der Waals surface area contributed by atoms with Crippen molar-refractivity contribution in [1.82, 2.24) is 10.0 Å². The van der Waals surface area contributed by atoms with Crippen LogP contribution in [0.3, 0.4) is 0 Å². The maximum atomic E-state index is 12.3. The smallest absolute Gasteiger partial charge is 0.267 e. The Morgan fingerprint density at radius 1 is 1.21 bits per heavy atom. The van der Waals surface area contributed by atoms with Gasteiger partial charge in [-0.1, -0.05) is 12.1 Å². The number of hydroxylamine groups is 1. The molecule has 0 aliphatic carbocycles. The van der Waals surface area contributed by atoms with Gasteiger partial charge in [-0.3, -0.25) is 14.8 Å². The fourth-order valence-corrected chi connectivity index (χ4v) is 2.17. The van der Waals surface area contributed by atoms with E-state index in [0.29, 0.717) is 11.3 Å². The number of amides is 1. The van der Waals surface area contributed by atoms with Gasteiger partial charge in [-0.25, -0.2) is 5.48 Å². The van der Waals surface area contributed by atoms with E-state index in [4.69, 9.17) is 9.94 Å². The summed E-state index contributed by atoms with van der Waals surface area (Å²) in [7, 11) is 3.34. The van der Waals surface area contributed by atoms with Crippen LogP contribution in [0.25, 0.3) is 12.2 Å². The molecule has 0 fully saturated rings. The average molecular weight is 326 g/mol. The maximum absolute atomic E-state index is 12.3. The highest BCUT2D eigenvalue weighted by molar-refractivity contribution is 6.08. The topological polar surface area (TPSA) is 80.6 Å². The largest absolute Gasteiger partial charge is 0.496 e. The number of para-hydroxylation sites is 1. The number of ether oxygens (including phenoxy) is 1. The van der Waals surface area contributed by atoms with Crippen LogP contribution in [0.5, 0.6) is 5.75 Å². The molecule has 2 N–H and O–H groups in total. The molecular formula is C18H18N2O4. The van der Waals surface area contributed by atoms with Crippen molar-refractivity contribution >= 4 is 23.8 Å². The number of carbonyl (C=O) groups is 2. The Labute approximate surface area is 139 Å². The summed E-state index contributed by atoms with van der Waals surface area (Å²) in [4.78, 5) is 23.3. The van der Waals surface area contributed by atoms with Crippen LogP contribution in [0.4, 0.5) is 0 Å². The van der Waals surface area contributed by atoms with Crippen LogP contribution in [0.2, 0.25) is 0 Å². The van der Waals surface area contributed by atoms with Crippen molar-refractivity contribution in [2.75, 3.05) is 7.11 Å². The van der Waals surface area contributed by atoms with Gasteiger partial charge >= 0.3 is 0 Å². The molecule has 0 bridgehead atoms. The highest BCUT2D eigenvalue weighted by atomic mass is 16.5. The second kappa shape index (κ2) is 7.94. The van der Waals surface area contributed by atoms with Gasteiger partial charge in [0.2, 0.25) is 0 Å². The summed E-state index contributed by atoms with van der Waals surface area (Å²) >= 11 is 0. The molecule has 24 heavy (non-hydrogen) atoms. The first-order valence-electron chi connectivity index (χ1n) is 7.19. The molecule has 6 heteroatoms. The summed E-state index contributed by atoms with van der Waals surface area (Å²) in [5.41, 5.74) is 3.58. The molecule has 1 aromatic carbocycles. The van der Waals surface area contributed by atoms with E-state index in [0.717, 1.165) is 11.3 Å². The molecule has 0 spiro atoms. The van der Waals surface area contributed by atoms with Gasteiger partial charge in [0.05, 0.1) is 12.7 Å². The molecule has 0 unspecified atom stereocenters. The number of aryl methyl sites for hydroxylation is 1. The van der Waals surface area contributed by atoms with Crippen LogP contribution in [-0.4, -0.2) is 28.6 Å². The highest BCUT2D eigenvalue weighted by Gasteiger charge is 2.08. The van der Waals surface area contributed by atoms with Gasteiger partial charge in [-0.15, -0.1) is 0 Å². The Balaban J connectivity index is 2.16. The van der Waals surface area contributed by atoms with Gasteiger partial charge in [0.25, 0.3) is 5.91 Å². The first-order chi connectivity index (χ1) is 11.5. The van der Waals surface area contributed by atoms with E-state index < -0.39 is 5.91 Å². The first kappa shape index (κ1) is 17.2. The van der Waals surface area contributed by atoms with Crippen molar-refractivity contribution in [3.8, 4) is 5.75 Å². The summed E-state index contributed by atoms with van der Waals surface area (Å²) < 4.78 is 6.98. The number of aromatic nitrogens is 1. The lowest BCUT2D eigenvalue weighted by Crippen LogP contribution is -2.14. The predicted octanol–water partition coefficient (Wildman–Crippen LogP) is 2.45. The second-order valence-electron chi connectivity index (χ2n) is 5.02. The number of ketones is 1. The molecule has 0 saturated carbocycles. The Morgan fingerprint density at radius 2 is 1.96 bits per heavy atom. The molecule has 0 aliphatic heterocycles. The van der Waals surface area contributed by atoms with Crippen molar-refractivity contribution in [3.05, 3.63) is 65.5 Å². The molecule has 1 heterocycles. The number of nitrogens with one attached hydrogen (secondary N) is 1. The molecule has 2 aromatic rings. The van der Waals surface area contributed by atoms with Crippen molar-refractivity contribution in [3.63, 3.8) is 0 Å². The minimum atomic E-state index is -0.611. The molecule has 6 nitrogen and oxygen atoms in total. The lowest BCUT2D eigenvalue weighted by molar-refractivity contribution is -0.124. The van der Waals surface area contributed by atoms with E-state index in [1.165, 1.54) is 24.7 Å². The molecule has 1 aromatic heterocycles. The molecule has 0 saturated heterocycles. The highest BCUT2D eigenvalue weighted by Crippen LogP contribution is 2.19. The van der Waals surface area contributed by atoms with Crippen LogP contribution in [0.1, 0.15) is 21.6 Å². The number of hydrogen-bond donors (Lipinski definition) is 2. The zero-order chi connectivity index (χ0) is 17.5. The number of allylic oxidation sites excluding steroid dienone is 1. The van der Waals surface area contributed by atoms with Gasteiger partial charge in [0.15, 0.2) is 5.78 Å². The number of benzene rings is 1. The van der Waals surface area contributed by atoms with E-state index in [2.05, 4.69) is 0 Å². The molecular weight excluding hydrogens is 308 g/mol. The average Bonchev–Trinajstić information content (AvgIpc) is 2.97. The quantitative estimate of drug-likeness (QED) is 0.370. The van der Waals surface area contributed by atoms with Crippen molar-refractivity contribution in [1.29, 1.82) is 0 Å². The maximum Gasteiger partial charge on any atom is 0.267 e. The van der Waals surface area contributed by atoms with E-state index in [9.17, 15) is 9.59 Å². The third kappa shape index (κ3) is 4.21. The normalized spacial score (nSPS) is 11.1. The Morgan fingerprint density at radius 3 is 2.67 bits per heavy atom.